The van der Waals surface area contributed by atoms with Gasteiger partial charge in [-0.1, -0.05) is 11.8 Å². The van der Waals surface area contributed by atoms with Gasteiger partial charge in [0.05, 0.1) is 17.4 Å². The van der Waals surface area contributed by atoms with Gasteiger partial charge >= 0.3 is 0 Å². The van der Waals surface area contributed by atoms with E-state index in [4.69, 9.17) is 9.84 Å². The van der Waals surface area contributed by atoms with Crippen molar-refractivity contribution in [2.45, 2.75) is 19.4 Å². The van der Waals surface area contributed by atoms with Crippen LogP contribution in [-0.4, -0.2) is 42.8 Å². The van der Waals surface area contributed by atoms with E-state index in [1.54, 1.807) is 4.90 Å². The standard InChI is InChI=1S/C15H19NO3S/c1-16(15(18)13-4-3-7-19-10-13)9-12-8-14(20-11-12)5-2-6-17/h8,11,13,17H,3-4,6-7,9-10H2,1H3. The minimum atomic E-state index is -0.132. The van der Waals surface area contributed by atoms with Crippen LogP contribution in [0.1, 0.15) is 23.3 Å². The Morgan fingerprint density at radius 3 is 3.20 bits per heavy atom. The van der Waals surface area contributed by atoms with Gasteiger partial charge in [-0.2, -0.15) is 0 Å². The summed E-state index contributed by atoms with van der Waals surface area (Å²) in [5.41, 5.74) is 1.07. The van der Waals surface area contributed by atoms with Crippen molar-refractivity contribution in [2.24, 2.45) is 5.92 Å². The molecule has 1 saturated heterocycles. The van der Waals surface area contributed by atoms with E-state index in [2.05, 4.69) is 11.8 Å². The van der Waals surface area contributed by atoms with Crippen LogP contribution in [0.4, 0.5) is 0 Å². The highest BCUT2D eigenvalue weighted by molar-refractivity contribution is 7.10. The number of thiophene rings is 1. The van der Waals surface area contributed by atoms with Crippen LogP contribution in [0, 0.1) is 17.8 Å². The molecule has 2 rings (SSSR count). The van der Waals surface area contributed by atoms with Crippen molar-refractivity contribution in [3.8, 4) is 11.8 Å². The van der Waals surface area contributed by atoms with Crippen LogP contribution in [0.25, 0.3) is 0 Å². The summed E-state index contributed by atoms with van der Waals surface area (Å²) in [4.78, 5) is 14.9. The number of aliphatic hydroxyl groups is 1. The van der Waals surface area contributed by atoms with Gasteiger partial charge in [0.2, 0.25) is 5.91 Å². The second-order valence-corrected chi connectivity index (χ2v) is 5.80. The van der Waals surface area contributed by atoms with Gasteiger partial charge < -0.3 is 14.7 Å². The molecule has 1 atom stereocenters. The zero-order chi connectivity index (χ0) is 14.4. The number of hydrogen-bond acceptors (Lipinski definition) is 4. The molecule has 1 unspecified atom stereocenters. The van der Waals surface area contributed by atoms with Crippen LogP contribution < -0.4 is 0 Å². The minimum absolute atomic E-state index is 0.000960. The van der Waals surface area contributed by atoms with E-state index in [1.807, 2.05) is 18.5 Å². The fourth-order valence-corrected chi connectivity index (χ4v) is 3.02. The third-order valence-electron chi connectivity index (χ3n) is 3.25. The Hall–Kier alpha value is -1.35. The van der Waals surface area contributed by atoms with Crippen LogP contribution in [0.2, 0.25) is 0 Å². The second kappa shape index (κ2) is 7.44. The maximum absolute atomic E-state index is 12.3. The molecule has 0 radical (unpaired) electrons. The topological polar surface area (TPSA) is 49.8 Å². The molecule has 1 N–H and O–H groups in total. The van der Waals surface area contributed by atoms with Crippen LogP contribution in [0.15, 0.2) is 11.4 Å². The zero-order valence-electron chi connectivity index (χ0n) is 11.6. The quantitative estimate of drug-likeness (QED) is 0.859. The van der Waals surface area contributed by atoms with Gasteiger partial charge in [-0.05, 0) is 29.9 Å². The summed E-state index contributed by atoms with van der Waals surface area (Å²) in [5.74, 6) is 5.65. The summed E-state index contributed by atoms with van der Waals surface area (Å²) in [6.07, 6.45) is 1.88. The summed E-state index contributed by atoms with van der Waals surface area (Å²) in [6.45, 7) is 1.77. The first-order chi connectivity index (χ1) is 9.70. The lowest BCUT2D eigenvalue weighted by Crippen LogP contribution is -2.36. The average Bonchev–Trinajstić information content (AvgIpc) is 2.92. The molecule has 20 heavy (non-hydrogen) atoms. The van der Waals surface area contributed by atoms with Crippen molar-refractivity contribution in [1.82, 2.24) is 4.90 Å². The van der Waals surface area contributed by atoms with Crippen LogP contribution in [0.5, 0.6) is 0 Å². The van der Waals surface area contributed by atoms with Crippen molar-refractivity contribution < 1.29 is 14.6 Å². The van der Waals surface area contributed by atoms with Gasteiger partial charge in [-0.3, -0.25) is 4.79 Å². The van der Waals surface area contributed by atoms with Crippen molar-refractivity contribution in [2.75, 3.05) is 26.9 Å². The molecule has 2 heterocycles. The number of aliphatic hydroxyl groups excluding tert-OH is 1. The van der Waals surface area contributed by atoms with Gasteiger partial charge in [0.15, 0.2) is 0 Å². The first-order valence-corrected chi connectivity index (χ1v) is 7.58. The lowest BCUT2D eigenvalue weighted by atomic mass is 10.0. The lowest BCUT2D eigenvalue weighted by Gasteiger charge is -2.26. The first kappa shape index (κ1) is 15.0. The van der Waals surface area contributed by atoms with E-state index in [-0.39, 0.29) is 18.4 Å². The van der Waals surface area contributed by atoms with Crippen LogP contribution in [-0.2, 0) is 16.1 Å². The molecule has 0 spiro atoms. The Balaban J connectivity index is 1.91. The maximum Gasteiger partial charge on any atom is 0.228 e. The van der Waals surface area contributed by atoms with Gasteiger partial charge in [0.1, 0.15) is 6.61 Å². The Morgan fingerprint density at radius 1 is 1.65 bits per heavy atom. The van der Waals surface area contributed by atoms with Crippen molar-refractivity contribution in [3.63, 3.8) is 0 Å². The lowest BCUT2D eigenvalue weighted by molar-refractivity contribution is -0.138. The predicted molar refractivity (Wildman–Crippen MR) is 78.3 cm³/mol. The van der Waals surface area contributed by atoms with Crippen molar-refractivity contribution >= 4 is 17.2 Å². The van der Waals surface area contributed by atoms with Gasteiger partial charge in [0.25, 0.3) is 0 Å². The molecule has 1 aromatic heterocycles. The largest absolute Gasteiger partial charge is 0.384 e. The number of rotatable bonds is 3. The Morgan fingerprint density at radius 2 is 2.50 bits per heavy atom. The number of amides is 1. The molecule has 0 saturated carbocycles. The molecule has 1 aliphatic heterocycles. The molecule has 4 nitrogen and oxygen atoms in total. The Bertz CT molecular complexity index is 509. The molecular weight excluding hydrogens is 274 g/mol. The molecule has 1 aliphatic rings. The highest BCUT2D eigenvalue weighted by atomic mass is 32.1. The minimum Gasteiger partial charge on any atom is -0.384 e. The molecule has 0 aliphatic carbocycles. The smallest absolute Gasteiger partial charge is 0.228 e. The van der Waals surface area contributed by atoms with E-state index < -0.39 is 0 Å². The van der Waals surface area contributed by atoms with E-state index in [1.165, 1.54) is 11.3 Å². The SMILES string of the molecule is CN(Cc1csc(C#CCO)c1)C(=O)C1CCCOC1. The summed E-state index contributed by atoms with van der Waals surface area (Å²) < 4.78 is 5.36. The van der Waals surface area contributed by atoms with Crippen molar-refractivity contribution in [1.29, 1.82) is 0 Å². The van der Waals surface area contributed by atoms with Crippen LogP contribution >= 0.6 is 11.3 Å². The Kier molecular flexibility index (Phi) is 5.60. The highest BCUT2D eigenvalue weighted by Gasteiger charge is 2.24. The van der Waals surface area contributed by atoms with E-state index in [0.29, 0.717) is 13.2 Å². The monoisotopic (exact) mass is 293 g/mol. The molecule has 1 amide bonds. The number of carbonyl (C=O) groups excluding carboxylic acids is 1. The molecule has 1 fully saturated rings. The third kappa shape index (κ3) is 4.07. The molecule has 5 heteroatoms. The Labute approximate surface area is 123 Å². The van der Waals surface area contributed by atoms with E-state index in [9.17, 15) is 4.79 Å². The van der Waals surface area contributed by atoms with E-state index in [0.717, 1.165) is 29.9 Å². The number of carbonyl (C=O) groups is 1. The molecule has 108 valence electrons. The average molecular weight is 293 g/mol. The first-order valence-electron chi connectivity index (χ1n) is 6.70. The van der Waals surface area contributed by atoms with Gasteiger partial charge in [-0.15, -0.1) is 11.3 Å². The zero-order valence-corrected chi connectivity index (χ0v) is 12.4. The van der Waals surface area contributed by atoms with Gasteiger partial charge in [-0.25, -0.2) is 0 Å². The predicted octanol–water partition coefficient (Wildman–Crippen LogP) is 1.48. The second-order valence-electron chi connectivity index (χ2n) is 4.89. The molecule has 0 aromatic carbocycles. The van der Waals surface area contributed by atoms with E-state index >= 15 is 0 Å². The molecule has 1 aromatic rings. The normalized spacial score (nSPS) is 18.2. The maximum atomic E-state index is 12.3. The summed E-state index contributed by atoms with van der Waals surface area (Å²) in [7, 11) is 1.83. The van der Waals surface area contributed by atoms with Gasteiger partial charge in [0, 0.05) is 20.2 Å². The number of ether oxygens (including phenoxy) is 1. The summed E-state index contributed by atoms with van der Waals surface area (Å²) >= 11 is 1.53. The number of hydrogen-bond donors (Lipinski definition) is 1. The number of nitrogens with zero attached hydrogens (tertiary/aromatic N) is 1. The fourth-order valence-electron chi connectivity index (χ4n) is 2.25. The highest BCUT2D eigenvalue weighted by Crippen LogP contribution is 2.19. The summed E-state index contributed by atoms with van der Waals surface area (Å²) in [5, 5.41) is 10.7. The molecular formula is C15H19NO3S. The fraction of sp³-hybridized carbons (Fsp3) is 0.533. The van der Waals surface area contributed by atoms with Crippen LogP contribution in [0.3, 0.4) is 0 Å². The molecule has 0 bridgehead atoms. The third-order valence-corrected chi connectivity index (χ3v) is 4.14. The van der Waals surface area contributed by atoms with Crippen molar-refractivity contribution in [3.05, 3.63) is 21.9 Å². The summed E-state index contributed by atoms with van der Waals surface area (Å²) in [6, 6.07) is 1.97.